The number of aryl methyl sites for hydroxylation is 1. The van der Waals surface area contributed by atoms with E-state index in [-0.39, 0.29) is 11.9 Å². The van der Waals surface area contributed by atoms with E-state index in [1.54, 1.807) is 6.92 Å². The molecule has 1 aromatic heterocycles. The van der Waals surface area contributed by atoms with Crippen molar-refractivity contribution >= 4 is 5.97 Å². The molecule has 1 saturated carbocycles. The van der Waals surface area contributed by atoms with Gasteiger partial charge in [0.25, 0.3) is 5.89 Å². The first kappa shape index (κ1) is 18.0. The zero-order valence-electron chi connectivity index (χ0n) is 15.1. The standard InChI is InChI=1S/C18H30N2O3/c1-6-7-15-19-16(23-20-15)12(2)22-17(21)13-8-10-14(11-9-13)18(3,4)5/h12-14H,6-11H2,1-5H3. The Morgan fingerprint density at radius 2 is 1.96 bits per heavy atom. The summed E-state index contributed by atoms with van der Waals surface area (Å²) in [5, 5.41) is 3.91. The van der Waals surface area contributed by atoms with Gasteiger partial charge >= 0.3 is 5.97 Å². The largest absolute Gasteiger partial charge is 0.452 e. The molecule has 1 aromatic rings. The molecule has 1 aliphatic rings. The van der Waals surface area contributed by atoms with Crippen molar-refractivity contribution in [3.63, 3.8) is 0 Å². The van der Waals surface area contributed by atoms with E-state index in [4.69, 9.17) is 9.26 Å². The van der Waals surface area contributed by atoms with Gasteiger partial charge in [-0.05, 0) is 50.4 Å². The van der Waals surface area contributed by atoms with E-state index in [0.717, 1.165) is 38.5 Å². The molecule has 0 bridgehead atoms. The highest BCUT2D eigenvalue weighted by Gasteiger charge is 2.34. The molecule has 1 fully saturated rings. The number of carbonyl (C=O) groups excluding carboxylic acids is 1. The fourth-order valence-corrected chi connectivity index (χ4v) is 3.27. The molecule has 0 radical (unpaired) electrons. The molecule has 2 rings (SSSR count). The summed E-state index contributed by atoms with van der Waals surface area (Å²) in [6.45, 7) is 10.7. The van der Waals surface area contributed by atoms with E-state index in [1.807, 2.05) is 0 Å². The number of carbonyl (C=O) groups is 1. The molecule has 5 nitrogen and oxygen atoms in total. The minimum atomic E-state index is -0.471. The molecule has 1 atom stereocenters. The van der Waals surface area contributed by atoms with Gasteiger partial charge in [-0.15, -0.1) is 0 Å². The summed E-state index contributed by atoms with van der Waals surface area (Å²) in [5.74, 6) is 1.65. The van der Waals surface area contributed by atoms with Crippen molar-refractivity contribution in [1.82, 2.24) is 10.1 Å². The van der Waals surface area contributed by atoms with Crippen LogP contribution in [0.5, 0.6) is 0 Å². The van der Waals surface area contributed by atoms with Crippen molar-refractivity contribution in [3.8, 4) is 0 Å². The lowest BCUT2D eigenvalue weighted by molar-refractivity contribution is -0.156. The minimum Gasteiger partial charge on any atom is -0.452 e. The molecule has 0 N–H and O–H groups in total. The molecule has 0 aliphatic heterocycles. The number of nitrogens with zero attached hydrogens (tertiary/aromatic N) is 2. The van der Waals surface area contributed by atoms with Gasteiger partial charge < -0.3 is 9.26 Å². The van der Waals surface area contributed by atoms with Crippen molar-refractivity contribution in [3.05, 3.63) is 11.7 Å². The van der Waals surface area contributed by atoms with E-state index in [9.17, 15) is 4.79 Å². The van der Waals surface area contributed by atoms with Crippen LogP contribution in [0.3, 0.4) is 0 Å². The van der Waals surface area contributed by atoms with Gasteiger partial charge in [-0.3, -0.25) is 4.79 Å². The zero-order chi connectivity index (χ0) is 17.0. The van der Waals surface area contributed by atoms with Gasteiger partial charge in [-0.2, -0.15) is 4.98 Å². The van der Waals surface area contributed by atoms with Crippen molar-refractivity contribution in [2.75, 3.05) is 0 Å². The monoisotopic (exact) mass is 322 g/mol. The topological polar surface area (TPSA) is 65.2 Å². The Hall–Kier alpha value is -1.39. The summed E-state index contributed by atoms with van der Waals surface area (Å²) in [6, 6.07) is 0. The van der Waals surface area contributed by atoms with E-state index in [0.29, 0.717) is 23.0 Å². The second-order valence-corrected chi connectivity index (χ2v) is 7.79. The molecule has 1 unspecified atom stereocenters. The van der Waals surface area contributed by atoms with Gasteiger partial charge in [0.1, 0.15) is 0 Å². The molecular formula is C18H30N2O3. The highest BCUT2D eigenvalue weighted by atomic mass is 16.6. The average Bonchev–Trinajstić information content (AvgIpc) is 2.95. The summed E-state index contributed by atoms with van der Waals surface area (Å²) in [4.78, 5) is 16.6. The Morgan fingerprint density at radius 1 is 1.30 bits per heavy atom. The summed E-state index contributed by atoms with van der Waals surface area (Å²) < 4.78 is 10.7. The molecular weight excluding hydrogens is 292 g/mol. The molecule has 5 heteroatoms. The lowest BCUT2D eigenvalue weighted by Gasteiger charge is -2.36. The van der Waals surface area contributed by atoms with E-state index >= 15 is 0 Å². The number of esters is 1. The normalized spacial score (nSPS) is 23.5. The molecule has 23 heavy (non-hydrogen) atoms. The van der Waals surface area contributed by atoms with Crippen molar-refractivity contribution in [2.24, 2.45) is 17.3 Å². The first-order valence-corrected chi connectivity index (χ1v) is 8.84. The van der Waals surface area contributed by atoms with Gasteiger partial charge in [-0.1, -0.05) is 32.9 Å². The van der Waals surface area contributed by atoms with Crippen LogP contribution in [-0.4, -0.2) is 16.1 Å². The average molecular weight is 322 g/mol. The van der Waals surface area contributed by atoms with Crippen molar-refractivity contribution < 1.29 is 14.1 Å². The number of aromatic nitrogens is 2. The Labute approximate surface area is 139 Å². The van der Waals surface area contributed by atoms with Gasteiger partial charge in [0, 0.05) is 6.42 Å². The predicted molar refractivity (Wildman–Crippen MR) is 87.7 cm³/mol. The maximum absolute atomic E-state index is 12.4. The lowest BCUT2D eigenvalue weighted by Crippen LogP contribution is -2.30. The second kappa shape index (κ2) is 7.45. The van der Waals surface area contributed by atoms with Crippen LogP contribution in [0.4, 0.5) is 0 Å². The van der Waals surface area contributed by atoms with Crippen molar-refractivity contribution in [2.45, 2.75) is 79.2 Å². The Morgan fingerprint density at radius 3 is 2.52 bits per heavy atom. The summed E-state index contributed by atoms with van der Waals surface area (Å²) >= 11 is 0. The first-order valence-electron chi connectivity index (χ1n) is 8.84. The highest BCUT2D eigenvalue weighted by molar-refractivity contribution is 5.72. The quantitative estimate of drug-likeness (QED) is 0.748. The van der Waals surface area contributed by atoms with Crippen LogP contribution in [0.15, 0.2) is 4.52 Å². The van der Waals surface area contributed by atoms with Gasteiger partial charge in [0.15, 0.2) is 11.9 Å². The summed E-state index contributed by atoms with van der Waals surface area (Å²) in [5.41, 5.74) is 0.321. The van der Waals surface area contributed by atoms with E-state index in [1.165, 1.54) is 0 Å². The smallest absolute Gasteiger partial charge is 0.309 e. The molecule has 1 heterocycles. The number of hydrogen-bond donors (Lipinski definition) is 0. The van der Waals surface area contributed by atoms with Crippen molar-refractivity contribution in [1.29, 1.82) is 0 Å². The summed E-state index contributed by atoms with van der Waals surface area (Å²) in [6.07, 6.45) is 5.29. The molecule has 1 aliphatic carbocycles. The van der Waals surface area contributed by atoms with E-state index < -0.39 is 6.10 Å². The number of ether oxygens (including phenoxy) is 1. The van der Waals surface area contributed by atoms with Gasteiger partial charge in [0.05, 0.1) is 5.92 Å². The van der Waals surface area contributed by atoms with E-state index in [2.05, 4.69) is 37.8 Å². The minimum absolute atomic E-state index is 0.00841. The number of hydrogen-bond acceptors (Lipinski definition) is 5. The summed E-state index contributed by atoms with van der Waals surface area (Å²) in [7, 11) is 0. The first-order chi connectivity index (χ1) is 10.8. The van der Waals surface area contributed by atoms with Crippen LogP contribution in [-0.2, 0) is 16.0 Å². The van der Waals surface area contributed by atoms with Crippen LogP contribution >= 0.6 is 0 Å². The highest BCUT2D eigenvalue weighted by Crippen LogP contribution is 2.40. The third-order valence-electron chi connectivity index (χ3n) is 4.88. The molecule has 130 valence electrons. The van der Waals surface area contributed by atoms with Crippen LogP contribution in [0.2, 0.25) is 0 Å². The zero-order valence-corrected chi connectivity index (χ0v) is 15.1. The van der Waals surface area contributed by atoms with Crippen LogP contribution in [0, 0.1) is 17.3 Å². The second-order valence-electron chi connectivity index (χ2n) is 7.79. The van der Waals surface area contributed by atoms with Crippen LogP contribution in [0.1, 0.15) is 84.5 Å². The van der Waals surface area contributed by atoms with Crippen LogP contribution < -0.4 is 0 Å². The SMILES string of the molecule is CCCc1noc(C(C)OC(=O)C2CCC(C(C)(C)C)CC2)n1. The lowest BCUT2D eigenvalue weighted by atomic mass is 9.70. The third-order valence-corrected chi connectivity index (χ3v) is 4.88. The van der Waals surface area contributed by atoms with Crippen LogP contribution in [0.25, 0.3) is 0 Å². The molecule has 0 saturated heterocycles. The molecule has 0 spiro atoms. The Kier molecular flexibility index (Phi) is 5.82. The molecule has 0 aromatic carbocycles. The predicted octanol–water partition coefficient (Wildman–Crippen LogP) is 4.48. The number of rotatable bonds is 5. The Balaban J connectivity index is 1.84. The fourth-order valence-electron chi connectivity index (χ4n) is 3.27. The Bertz CT molecular complexity index is 511. The van der Waals surface area contributed by atoms with Gasteiger partial charge in [-0.25, -0.2) is 0 Å². The maximum Gasteiger partial charge on any atom is 0.309 e. The van der Waals surface area contributed by atoms with Gasteiger partial charge in [0.2, 0.25) is 0 Å². The molecule has 0 amide bonds. The third kappa shape index (κ3) is 4.79. The fraction of sp³-hybridized carbons (Fsp3) is 0.833. The maximum atomic E-state index is 12.4.